The van der Waals surface area contributed by atoms with E-state index < -0.39 is 28.5 Å². The van der Waals surface area contributed by atoms with Gasteiger partial charge in [0.2, 0.25) is 11.8 Å². The molecule has 1 saturated carbocycles. The molecule has 1 atom stereocenters. The molecule has 2 amide bonds. The van der Waals surface area contributed by atoms with Crippen molar-refractivity contribution >= 4 is 39.1 Å². The van der Waals surface area contributed by atoms with Crippen molar-refractivity contribution in [3.63, 3.8) is 0 Å². The van der Waals surface area contributed by atoms with Crippen LogP contribution in [0.2, 0.25) is 5.02 Å². The van der Waals surface area contributed by atoms with Gasteiger partial charge in [0.15, 0.2) is 0 Å². The van der Waals surface area contributed by atoms with Gasteiger partial charge in [-0.25, -0.2) is 8.42 Å². The van der Waals surface area contributed by atoms with E-state index in [4.69, 9.17) is 11.6 Å². The van der Waals surface area contributed by atoms with E-state index in [9.17, 15) is 18.0 Å². The van der Waals surface area contributed by atoms with Crippen molar-refractivity contribution in [2.75, 3.05) is 10.8 Å². The molecule has 0 unspecified atom stereocenters. The second-order valence-corrected chi connectivity index (χ2v) is 14.7. The van der Waals surface area contributed by atoms with Crippen LogP contribution in [0.5, 0.6) is 0 Å². The Morgan fingerprint density at radius 3 is 2.17 bits per heavy atom. The molecule has 1 N–H and O–H groups in total. The zero-order valence-corrected chi connectivity index (χ0v) is 28.7. The molecule has 0 saturated heterocycles. The Balaban J connectivity index is 1.59. The van der Waals surface area contributed by atoms with Crippen molar-refractivity contribution in [2.24, 2.45) is 0 Å². The van der Waals surface area contributed by atoms with E-state index in [0.717, 1.165) is 52.2 Å². The standard InChI is InChI=1S/C38H42ClN3O4S/c1-27-17-20-34(21-18-27)47(45,46)42(35-22-19-32(39)23-29(35)3)26-37(43)41(25-31-14-8-7-11-28(31)2)36(24-30-12-5-4-6-13-30)38(44)40-33-15-9-10-16-33/h4-8,11-14,17-23,33,36H,9-10,15-16,24-26H2,1-3H3,(H,40,44)/t36-/m0/s1. The van der Waals surface area contributed by atoms with Crippen LogP contribution in [-0.4, -0.2) is 43.8 Å². The average Bonchev–Trinajstić information content (AvgIpc) is 3.56. The number of benzene rings is 4. The maximum absolute atomic E-state index is 14.7. The third-order valence-electron chi connectivity index (χ3n) is 8.89. The quantitative estimate of drug-likeness (QED) is 0.173. The van der Waals surface area contributed by atoms with Gasteiger partial charge in [0, 0.05) is 24.0 Å². The lowest BCUT2D eigenvalue weighted by atomic mass is 10.0. The van der Waals surface area contributed by atoms with E-state index in [1.54, 1.807) is 54.3 Å². The Kier molecular flexibility index (Phi) is 11.0. The van der Waals surface area contributed by atoms with Crippen molar-refractivity contribution in [1.29, 1.82) is 0 Å². The molecule has 1 aliphatic carbocycles. The molecule has 4 aromatic rings. The molecule has 0 aliphatic heterocycles. The fourth-order valence-electron chi connectivity index (χ4n) is 6.14. The van der Waals surface area contributed by atoms with Gasteiger partial charge in [-0.05, 0) is 86.2 Å². The number of hydrogen-bond acceptors (Lipinski definition) is 4. The van der Waals surface area contributed by atoms with Gasteiger partial charge in [-0.2, -0.15) is 0 Å². The molecule has 0 radical (unpaired) electrons. The number of sulfonamides is 1. The van der Waals surface area contributed by atoms with E-state index in [2.05, 4.69) is 5.32 Å². The van der Waals surface area contributed by atoms with Crippen LogP contribution < -0.4 is 9.62 Å². The summed E-state index contributed by atoms with van der Waals surface area (Å²) in [5.74, 6) is -0.723. The Morgan fingerprint density at radius 2 is 1.51 bits per heavy atom. The summed E-state index contributed by atoms with van der Waals surface area (Å²) in [4.78, 5) is 30.5. The molecule has 1 fully saturated rings. The number of halogens is 1. The van der Waals surface area contributed by atoms with Gasteiger partial charge in [0.1, 0.15) is 12.6 Å². The summed E-state index contributed by atoms with van der Waals surface area (Å²) in [6, 6.07) is 28.0. The monoisotopic (exact) mass is 671 g/mol. The van der Waals surface area contributed by atoms with Gasteiger partial charge in [0.05, 0.1) is 10.6 Å². The van der Waals surface area contributed by atoms with E-state index in [1.165, 1.54) is 0 Å². The lowest BCUT2D eigenvalue weighted by Gasteiger charge is -2.35. The number of carbonyl (C=O) groups is 2. The maximum Gasteiger partial charge on any atom is 0.264 e. The first-order valence-corrected chi connectivity index (χ1v) is 17.9. The molecule has 9 heteroatoms. The highest BCUT2D eigenvalue weighted by Crippen LogP contribution is 2.30. The van der Waals surface area contributed by atoms with Crippen LogP contribution in [-0.2, 0) is 32.6 Å². The number of hydrogen-bond donors (Lipinski definition) is 1. The van der Waals surface area contributed by atoms with Gasteiger partial charge < -0.3 is 10.2 Å². The summed E-state index contributed by atoms with van der Waals surface area (Å²) in [6.07, 6.45) is 4.17. The number of nitrogens with one attached hydrogen (secondary N) is 1. The second-order valence-electron chi connectivity index (χ2n) is 12.4. The first-order valence-electron chi connectivity index (χ1n) is 16.1. The number of nitrogens with zero attached hydrogens (tertiary/aromatic N) is 2. The fourth-order valence-corrected chi connectivity index (χ4v) is 7.85. The van der Waals surface area contributed by atoms with Gasteiger partial charge in [0.25, 0.3) is 10.0 Å². The van der Waals surface area contributed by atoms with Crippen LogP contribution in [0.4, 0.5) is 5.69 Å². The number of rotatable bonds is 12. The molecule has 1 aliphatic rings. The highest BCUT2D eigenvalue weighted by molar-refractivity contribution is 7.92. The largest absolute Gasteiger partial charge is 0.352 e. The summed E-state index contributed by atoms with van der Waals surface area (Å²) in [6.45, 7) is 5.25. The normalized spacial score (nSPS) is 14.0. The zero-order valence-electron chi connectivity index (χ0n) is 27.2. The van der Waals surface area contributed by atoms with Crippen LogP contribution in [0.3, 0.4) is 0 Å². The Labute approximate surface area is 283 Å². The SMILES string of the molecule is Cc1ccc(S(=O)(=O)N(CC(=O)N(Cc2ccccc2C)[C@@H](Cc2ccccc2)C(=O)NC2CCCC2)c2ccc(Cl)cc2C)cc1. The van der Waals surface area contributed by atoms with Crippen LogP contribution >= 0.6 is 11.6 Å². The topological polar surface area (TPSA) is 86.8 Å². The molecular formula is C38H42ClN3O4S. The third-order valence-corrected chi connectivity index (χ3v) is 10.9. The molecule has 5 rings (SSSR count). The molecule has 0 heterocycles. The first-order chi connectivity index (χ1) is 22.5. The Bertz CT molecular complexity index is 1810. The summed E-state index contributed by atoms with van der Waals surface area (Å²) >= 11 is 6.27. The minimum Gasteiger partial charge on any atom is -0.352 e. The van der Waals surface area contributed by atoms with Crippen molar-refractivity contribution in [1.82, 2.24) is 10.2 Å². The van der Waals surface area contributed by atoms with Gasteiger partial charge in [-0.3, -0.25) is 13.9 Å². The van der Waals surface area contributed by atoms with Gasteiger partial charge in [-0.1, -0.05) is 96.7 Å². The van der Waals surface area contributed by atoms with Crippen molar-refractivity contribution in [2.45, 2.75) is 76.4 Å². The van der Waals surface area contributed by atoms with Crippen LogP contribution in [0, 0.1) is 20.8 Å². The van der Waals surface area contributed by atoms with Crippen LogP contribution in [0.1, 0.15) is 53.5 Å². The summed E-state index contributed by atoms with van der Waals surface area (Å²) in [5, 5.41) is 3.67. The zero-order chi connectivity index (χ0) is 33.6. The van der Waals surface area contributed by atoms with E-state index in [0.29, 0.717) is 16.3 Å². The van der Waals surface area contributed by atoms with E-state index >= 15 is 0 Å². The van der Waals surface area contributed by atoms with Crippen molar-refractivity contribution in [3.05, 3.63) is 130 Å². The highest BCUT2D eigenvalue weighted by atomic mass is 35.5. The number of amides is 2. The Hall–Kier alpha value is -4.14. The maximum atomic E-state index is 14.7. The second kappa shape index (κ2) is 15.2. The number of carbonyl (C=O) groups excluding carboxylic acids is 2. The molecule has 4 aromatic carbocycles. The number of aryl methyl sites for hydroxylation is 3. The minimum atomic E-state index is -4.20. The average molecular weight is 672 g/mol. The van der Waals surface area contributed by atoms with E-state index in [1.807, 2.05) is 68.4 Å². The van der Waals surface area contributed by atoms with Crippen molar-refractivity contribution < 1.29 is 18.0 Å². The Morgan fingerprint density at radius 1 is 0.851 bits per heavy atom. The highest BCUT2D eigenvalue weighted by Gasteiger charge is 2.36. The van der Waals surface area contributed by atoms with Crippen LogP contribution in [0.15, 0.2) is 102 Å². The summed E-state index contributed by atoms with van der Waals surface area (Å²) < 4.78 is 29.8. The van der Waals surface area contributed by atoms with Gasteiger partial charge >= 0.3 is 0 Å². The van der Waals surface area contributed by atoms with Crippen molar-refractivity contribution in [3.8, 4) is 0 Å². The molecule has 246 valence electrons. The third kappa shape index (κ3) is 8.42. The molecule has 0 aromatic heterocycles. The smallest absolute Gasteiger partial charge is 0.264 e. The van der Waals surface area contributed by atoms with Crippen LogP contribution in [0.25, 0.3) is 0 Å². The summed E-state index contributed by atoms with van der Waals surface area (Å²) in [5.41, 5.74) is 4.61. The predicted molar refractivity (Wildman–Crippen MR) is 188 cm³/mol. The predicted octanol–water partition coefficient (Wildman–Crippen LogP) is 7.16. The van der Waals surface area contributed by atoms with Gasteiger partial charge in [-0.15, -0.1) is 0 Å². The molecule has 0 spiro atoms. The molecule has 0 bridgehead atoms. The lowest BCUT2D eigenvalue weighted by molar-refractivity contribution is -0.140. The number of anilines is 1. The first kappa shape index (κ1) is 34.2. The molecule has 7 nitrogen and oxygen atoms in total. The lowest BCUT2D eigenvalue weighted by Crippen LogP contribution is -2.54. The van der Waals surface area contributed by atoms with E-state index in [-0.39, 0.29) is 29.8 Å². The fraction of sp³-hybridized carbons (Fsp3) is 0.316. The molecular weight excluding hydrogens is 630 g/mol. The summed E-state index contributed by atoms with van der Waals surface area (Å²) in [7, 11) is -4.20. The minimum absolute atomic E-state index is 0.0475. The molecule has 47 heavy (non-hydrogen) atoms.